The number of fused-ring (bicyclic) bond motifs is 1. The number of nitrogens with one attached hydrogen (secondary N) is 1. The van der Waals surface area contributed by atoms with E-state index in [0.29, 0.717) is 6.54 Å². The summed E-state index contributed by atoms with van der Waals surface area (Å²) in [6, 6.07) is 0. The smallest absolute Gasteiger partial charge is 0.230 e. The van der Waals surface area contributed by atoms with Gasteiger partial charge in [0.15, 0.2) is 0 Å². The van der Waals surface area contributed by atoms with Crippen LogP contribution >= 0.6 is 0 Å². The van der Waals surface area contributed by atoms with Crippen molar-refractivity contribution in [3.63, 3.8) is 0 Å². The molecule has 4 rings (SSSR count). The number of carbonyl (C=O) groups is 1. The van der Waals surface area contributed by atoms with Crippen molar-refractivity contribution in [2.45, 2.75) is 38.8 Å². The lowest BCUT2D eigenvalue weighted by Crippen LogP contribution is -2.42. The molecule has 3 heterocycles. The Balaban J connectivity index is 1.47. The monoisotopic (exact) mass is 340 g/mol. The second-order valence-electron chi connectivity index (χ2n) is 7.24. The summed E-state index contributed by atoms with van der Waals surface area (Å²) in [7, 11) is 1.97. The number of nitrogens with zero attached hydrogens (tertiary/aromatic N) is 5. The number of aromatic nitrogens is 4. The molecule has 2 aliphatic rings. The van der Waals surface area contributed by atoms with Gasteiger partial charge in [-0.25, -0.2) is 4.98 Å². The van der Waals surface area contributed by atoms with Gasteiger partial charge < -0.3 is 9.88 Å². The molecule has 2 aromatic heterocycles. The minimum absolute atomic E-state index is 0.0349. The first-order valence-electron chi connectivity index (χ1n) is 8.88. The molecule has 0 radical (unpaired) electrons. The number of hydrogen-bond donors (Lipinski definition) is 1. The molecule has 7 heteroatoms. The van der Waals surface area contributed by atoms with E-state index in [4.69, 9.17) is 0 Å². The Bertz CT molecular complexity index is 764. The lowest BCUT2D eigenvalue weighted by Gasteiger charge is -2.32. The Kier molecular flexibility index (Phi) is 4.25. The van der Waals surface area contributed by atoms with E-state index in [-0.39, 0.29) is 11.8 Å². The maximum absolute atomic E-state index is 12.9. The van der Waals surface area contributed by atoms with E-state index in [2.05, 4.69) is 25.2 Å². The summed E-state index contributed by atoms with van der Waals surface area (Å²) in [6.45, 7) is 4.98. The largest absolute Gasteiger partial charge is 0.350 e. The predicted octanol–water partition coefficient (Wildman–Crippen LogP) is 1.14. The molecule has 0 aromatic carbocycles. The van der Waals surface area contributed by atoms with E-state index in [1.165, 1.54) is 12.8 Å². The van der Waals surface area contributed by atoms with Crippen LogP contribution in [0.15, 0.2) is 18.7 Å². The molecule has 0 bridgehead atoms. The molecule has 1 aliphatic carbocycles. The summed E-state index contributed by atoms with van der Waals surface area (Å²) in [5.41, 5.74) is 3.72. The molecule has 25 heavy (non-hydrogen) atoms. The van der Waals surface area contributed by atoms with Crippen LogP contribution < -0.4 is 5.32 Å². The highest BCUT2D eigenvalue weighted by molar-refractivity contribution is 5.84. The van der Waals surface area contributed by atoms with Gasteiger partial charge in [-0.15, -0.1) is 0 Å². The van der Waals surface area contributed by atoms with Gasteiger partial charge in [0.25, 0.3) is 0 Å². The molecule has 2 aromatic rings. The lowest BCUT2D eigenvalue weighted by molar-refractivity contribution is -0.123. The van der Waals surface area contributed by atoms with Crippen LogP contribution in [0.25, 0.3) is 0 Å². The fourth-order valence-corrected chi connectivity index (χ4v) is 3.50. The van der Waals surface area contributed by atoms with Crippen LogP contribution in [-0.4, -0.2) is 43.4 Å². The Morgan fingerprint density at radius 2 is 2.12 bits per heavy atom. The van der Waals surface area contributed by atoms with Gasteiger partial charge in [0.2, 0.25) is 5.91 Å². The van der Waals surface area contributed by atoms with E-state index in [1.807, 2.05) is 24.9 Å². The van der Waals surface area contributed by atoms with Crippen molar-refractivity contribution < 1.29 is 4.79 Å². The van der Waals surface area contributed by atoms with Crippen molar-refractivity contribution in [2.24, 2.45) is 13.0 Å². The van der Waals surface area contributed by atoms with Crippen molar-refractivity contribution in [1.29, 1.82) is 0 Å². The highest BCUT2D eigenvalue weighted by atomic mass is 16.1. The summed E-state index contributed by atoms with van der Waals surface area (Å²) in [4.78, 5) is 28.3. The van der Waals surface area contributed by atoms with Gasteiger partial charge in [-0.1, -0.05) is 0 Å². The first-order valence-corrected chi connectivity index (χ1v) is 8.88. The fourth-order valence-electron chi connectivity index (χ4n) is 3.50. The molecule has 0 saturated heterocycles. The topological polar surface area (TPSA) is 75.9 Å². The summed E-state index contributed by atoms with van der Waals surface area (Å²) in [5.74, 6) is 0.651. The molecular weight excluding hydrogens is 316 g/mol. The van der Waals surface area contributed by atoms with E-state index in [1.54, 1.807) is 12.4 Å². The molecule has 0 unspecified atom stereocenters. The number of carbonyl (C=O) groups excluding carboxylic acids is 1. The molecule has 1 N–H and O–H groups in total. The third-order valence-corrected chi connectivity index (χ3v) is 5.01. The van der Waals surface area contributed by atoms with Crippen LogP contribution in [0.3, 0.4) is 0 Å². The Hall–Kier alpha value is -2.28. The van der Waals surface area contributed by atoms with Gasteiger partial charge >= 0.3 is 0 Å². The van der Waals surface area contributed by atoms with Crippen molar-refractivity contribution in [3.8, 4) is 0 Å². The molecule has 1 fully saturated rings. The molecule has 1 amide bonds. The first kappa shape index (κ1) is 16.2. The summed E-state index contributed by atoms with van der Waals surface area (Å²) in [5, 5.41) is 3.03. The average molecular weight is 340 g/mol. The maximum Gasteiger partial charge on any atom is 0.230 e. The molecule has 1 aliphatic heterocycles. The van der Waals surface area contributed by atoms with Crippen molar-refractivity contribution in [2.75, 3.05) is 13.1 Å². The van der Waals surface area contributed by atoms with Gasteiger partial charge in [-0.05, 0) is 25.7 Å². The van der Waals surface area contributed by atoms with E-state index < -0.39 is 0 Å². The standard InChI is InChI=1S/C18H24N6O/c1-12-5-20-14(6-19-12)7-21-18(25)15-9-24(8-13-3-4-13)10-16-17(15)23(2)11-22-16/h5-6,11,13,15H,3-4,7-10H2,1-2H3,(H,21,25)/t15-/m1/s1. The lowest BCUT2D eigenvalue weighted by atomic mass is 9.97. The Morgan fingerprint density at radius 3 is 2.84 bits per heavy atom. The zero-order chi connectivity index (χ0) is 17.4. The van der Waals surface area contributed by atoms with E-state index in [9.17, 15) is 4.79 Å². The highest BCUT2D eigenvalue weighted by Crippen LogP contribution is 2.34. The molecular formula is C18H24N6O. The normalized spacial score (nSPS) is 20.3. The number of hydrogen-bond acceptors (Lipinski definition) is 5. The molecule has 132 valence electrons. The van der Waals surface area contributed by atoms with Crippen molar-refractivity contribution in [3.05, 3.63) is 41.5 Å². The van der Waals surface area contributed by atoms with E-state index in [0.717, 1.165) is 48.3 Å². The quantitative estimate of drug-likeness (QED) is 0.883. The summed E-state index contributed by atoms with van der Waals surface area (Å²) >= 11 is 0. The number of amides is 1. The third-order valence-electron chi connectivity index (χ3n) is 5.01. The van der Waals surface area contributed by atoms with Gasteiger partial charge in [-0.3, -0.25) is 19.7 Å². The Morgan fingerprint density at radius 1 is 1.28 bits per heavy atom. The highest BCUT2D eigenvalue weighted by Gasteiger charge is 2.35. The zero-order valence-electron chi connectivity index (χ0n) is 14.8. The van der Waals surface area contributed by atoms with Gasteiger partial charge in [0.1, 0.15) is 0 Å². The van der Waals surface area contributed by atoms with Gasteiger partial charge in [0.05, 0.1) is 47.8 Å². The third kappa shape index (κ3) is 3.56. The predicted molar refractivity (Wildman–Crippen MR) is 92.6 cm³/mol. The molecule has 0 spiro atoms. The first-order chi connectivity index (χ1) is 12.1. The number of imidazole rings is 1. The minimum Gasteiger partial charge on any atom is -0.350 e. The van der Waals surface area contributed by atoms with Gasteiger partial charge in [0, 0.05) is 32.9 Å². The van der Waals surface area contributed by atoms with E-state index >= 15 is 0 Å². The van der Waals surface area contributed by atoms with Crippen LogP contribution in [0, 0.1) is 12.8 Å². The maximum atomic E-state index is 12.9. The van der Waals surface area contributed by atoms with Crippen LogP contribution in [0.2, 0.25) is 0 Å². The zero-order valence-corrected chi connectivity index (χ0v) is 14.8. The number of aryl methyl sites for hydroxylation is 2. The number of rotatable bonds is 5. The van der Waals surface area contributed by atoms with Crippen molar-refractivity contribution >= 4 is 5.91 Å². The molecule has 1 atom stereocenters. The average Bonchev–Trinajstić information content (AvgIpc) is 3.34. The second-order valence-corrected chi connectivity index (χ2v) is 7.24. The fraction of sp³-hybridized carbons (Fsp3) is 0.556. The summed E-state index contributed by atoms with van der Waals surface area (Å²) < 4.78 is 1.99. The minimum atomic E-state index is -0.187. The van der Waals surface area contributed by atoms with Gasteiger partial charge in [-0.2, -0.15) is 0 Å². The van der Waals surface area contributed by atoms with Crippen LogP contribution in [0.4, 0.5) is 0 Å². The molecule has 1 saturated carbocycles. The SMILES string of the molecule is Cc1cnc(CNC(=O)[C@@H]2CN(CC3CC3)Cc3ncn(C)c32)cn1. The van der Waals surface area contributed by atoms with Crippen LogP contribution in [-0.2, 0) is 24.9 Å². The molecule has 7 nitrogen and oxygen atoms in total. The second kappa shape index (κ2) is 6.55. The van der Waals surface area contributed by atoms with Crippen molar-refractivity contribution in [1.82, 2.24) is 29.7 Å². The summed E-state index contributed by atoms with van der Waals surface area (Å²) in [6.07, 6.45) is 7.88. The van der Waals surface area contributed by atoms with Crippen LogP contribution in [0.5, 0.6) is 0 Å². The van der Waals surface area contributed by atoms with Crippen LogP contribution in [0.1, 0.15) is 41.5 Å². The Labute approximate surface area is 147 Å².